The Hall–Kier alpha value is -0.786. The average Bonchev–Trinajstić information content (AvgIpc) is 2.24. The molecule has 1 aromatic rings. The molecule has 0 aliphatic rings. The Morgan fingerprint density at radius 2 is 1.39 bits per heavy atom. The number of rotatable bonds is 2. The van der Waals surface area contributed by atoms with Gasteiger partial charge in [0.25, 0.3) is 0 Å². The normalized spacial score (nSPS) is 15.5. The van der Waals surface area contributed by atoms with E-state index < -0.39 is 16.1 Å². The van der Waals surface area contributed by atoms with Crippen LogP contribution in [-0.2, 0) is 5.04 Å². The first-order valence-electron chi connectivity index (χ1n) is 6.66. The van der Waals surface area contributed by atoms with Gasteiger partial charge in [-0.1, -0.05) is 69.6 Å². The van der Waals surface area contributed by atoms with Crippen molar-refractivity contribution in [2.24, 2.45) is 0 Å². The summed E-state index contributed by atoms with van der Waals surface area (Å²) in [7, 11) is -2.72. The van der Waals surface area contributed by atoms with Crippen LogP contribution >= 0.6 is 0 Å². The van der Waals surface area contributed by atoms with Crippen LogP contribution in [0.1, 0.15) is 12.5 Å². The van der Waals surface area contributed by atoms with Crippen LogP contribution < -0.4 is 0 Å². The molecule has 0 radical (unpaired) electrons. The molecule has 0 fully saturated rings. The molecule has 0 amide bonds. The Bertz CT molecular complexity index is 452. The van der Waals surface area contributed by atoms with Gasteiger partial charge in [0.1, 0.15) is 8.07 Å². The summed E-state index contributed by atoms with van der Waals surface area (Å²) >= 11 is 0. The van der Waals surface area contributed by atoms with E-state index in [4.69, 9.17) is 0 Å². The molecule has 0 heterocycles. The van der Waals surface area contributed by atoms with Crippen LogP contribution in [0, 0.1) is 11.5 Å². The molecule has 98 valence electrons. The summed E-state index contributed by atoms with van der Waals surface area (Å²) in [4.78, 5) is 0. The number of hydrogen-bond acceptors (Lipinski definition) is 0. The largest absolute Gasteiger partial charge is 0.131 e. The molecule has 0 N–H and O–H groups in total. The first-order valence-corrected chi connectivity index (χ1v) is 13.7. The van der Waals surface area contributed by atoms with E-state index in [9.17, 15) is 0 Å². The van der Waals surface area contributed by atoms with Gasteiger partial charge in [-0.15, -0.1) is 11.5 Å². The van der Waals surface area contributed by atoms with Crippen molar-refractivity contribution in [1.29, 1.82) is 0 Å². The van der Waals surface area contributed by atoms with E-state index in [1.807, 2.05) is 0 Å². The number of hydrogen-bond donors (Lipinski definition) is 0. The number of benzene rings is 1. The summed E-state index contributed by atoms with van der Waals surface area (Å²) in [6.45, 7) is 16.5. The topological polar surface area (TPSA) is 0 Å². The fourth-order valence-electron chi connectivity index (χ4n) is 1.78. The van der Waals surface area contributed by atoms with Crippen molar-refractivity contribution in [2.75, 3.05) is 0 Å². The third-order valence-corrected chi connectivity index (χ3v) is 7.83. The third kappa shape index (κ3) is 3.60. The molecule has 2 heteroatoms. The van der Waals surface area contributed by atoms with E-state index in [1.165, 1.54) is 5.56 Å². The molecule has 0 bridgehead atoms. The van der Waals surface area contributed by atoms with Gasteiger partial charge in [-0.2, -0.15) is 0 Å². The molecule has 0 spiro atoms. The van der Waals surface area contributed by atoms with E-state index in [0.717, 1.165) is 0 Å². The molecule has 1 atom stereocenters. The average molecular weight is 275 g/mol. The molecule has 1 rings (SSSR count). The molecule has 0 saturated heterocycles. The predicted molar refractivity (Wildman–Crippen MR) is 88.3 cm³/mol. The molecule has 0 saturated carbocycles. The maximum atomic E-state index is 3.67. The van der Waals surface area contributed by atoms with Crippen LogP contribution in [0.4, 0.5) is 0 Å². The summed E-state index contributed by atoms with van der Waals surface area (Å²) in [6, 6.07) is 10.8. The quantitative estimate of drug-likeness (QED) is 0.541. The second-order valence-corrected chi connectivity index (χ2v) is 17.5. The highest BCUT2D eigenvalue weighted by molar-refractivity contribution is 6.84. The van der Waals surface area contributed by atoms with E-state index in [-0.39, 0.29) is 5.04 Å². The lowest BCUT2D eigenvalue weighted by atomic mass is 10.0. The van der Waals surface area contributed by atoms with Crippen LogP contribution in [0.25, 0.3) is 0 Å². The summed E-state index contributed by atoms with van der Waals surface area (Å²) in [5.41, 5.74) is 4.98. The predicted octanol–water partition coefficient (Wildman–Crippen LogP) is 4.70. The minimum Gasteiger partial charge on any atom is -0.131 e. The Balaban J connectivity index is 3.33. The summed E-state index contributed by atoms with van der Waals surface area (Å²) in [6.07, 6.45) is 0. The minimum atomic E-state index is -1.40. The van der Waals surface area contributed by atoms with Crippen molar-refractivity contribution >= 4 is 16.1 Å². The maximum absolute atomic E-state index is 3.67. The molecule has 0 nitrogen and oxygen atoms in total. The van der Waals surface area contributed by atoms with Gasteiger partial charge in [0.2, 0.25) is 0 Å². The van der Waals surface area contributed by atoms with E-state index in [1.54, 1.807) is 0 Å². The summed E-state index contributed by atoms with van der Waals surface area (Å²) in [5, 5.41) is 0.0501. The van der Waals surface area contributed by atoms with Crippen LogP contribution in [0.2, 0.25) is 39.3 Å². The molecule has 18 heavy (non-hydrogen) atoms. The van der Waals surface area contributed by atoms with Crippen molar-refractivity contribution in [3.05, 3.63) is 35.9 Å². The van der Waals surface area contributed by atoms with Crippen molar-refractivity contribution in [2.45, 2.75) is 51.2 Å². The molecular weight excluding hydrogens is 248 g/mol. The zero-order valence-electron chi connectivity index (χ0n) is 12.9. The molecule has 1 aromatic carbocycles. The highest BCUT2D eigenvalue weighted by atomic mass is 28.3. The fraction of sp³-hybridized carbons (Fsp3) is 0.500. The first kappa shape index (κ1) is 15.3. The van der Waals surface area contributed by atoms with Gasteiger partial charge >= 0.3 is 0 Å². The Morgan fingerprint density at radius 3 is 1.78 bits per heavy atom. The van der Waals surface area contributed by atoms with Crippen molar-refractivity contribution < 1.29 is 0 Å². The van der Waals surface area contributed by atoms with E-state index in [0.29, 0.717) is 0 Å². The molecular formula is C16H26Si2. The Labute approximate surface area is 115 Å². The summed E-state index contributed by atoms with van der Waals surface area (Å²) in [5.74, 6) is 3.67. The van der Waals surface area contributed by atoms with Crippen LogP contribution in [0.5, 0.6) is 0 Å². The molecule has 0 aliphatic heterocycles. The minimum absolute atomic E-state index is 0.0501. The lowest BCUT2D eigenvalue weighted by Gasteiger charge is -2.37. The van der Waals surface area contributed by atoms with Gasteiger partial charge in [0.15, 0.2) is 0 Å². The Kier molecular flexibility index (Phi) is 4.30. The second kappa shape index (κ2) is 5.07. The van der Waals surface area contributed by atoms with Crippen LogP contribution in [0.3, 0.4) is 0 Å². The lowest BCUT2D eigenvalue weighted by Crippen LogP contribution is -2.46. The zero-order chi connectivity index (χ0) is 14.0. The van der Waals surface area contributed by atoms with Gasteiger partial charge < -0.3 is 0 Å². The molecule has 0 aliphatic carbocycles. The van der Waals surface area contributed by atoms with Gasteiger partial charge in [-0.05, 0) is 12.5 Å². The third-order valence-electron chi connectivity index (χ3n) is 3.54. The van der Waals surface area contributed by atoms with Crippen molar-refractivity contribution in [3.8, 4) is 11.5 Å². The summed E-state index contributed by atoms with van der Waals surface area (Å²) < 4.78 is 0. The highest BCUT2D eigenvalue weighted by Gasteiger charge is 2.39. The van der Waals surface area contributed by atoms with Gasteiger partial charge in [-0.25, -0.2) is 0 Å². The van der Waals surface area contributed by atoms with Crippen LogP contribution in [0.15, 0.2) is 30.3 Å². The second-order valence-electron chi connectivity index (χ2n) is 7.24. The lowest BCUT2D eigenvalue weighted by molar-refractivity contribution is 0.843. The van der Waals surface area contributed by atoms with Crippen molar-refractivity contribution in [1.82, 2.24) is 0 Å². The molecule has 1 unspecified atom stereocenters. The van der Waals surface area contributed by atoms with E-state index >= 15 is 0 Å². The SMILES string of the molecule is CC(C#C[Si](C)(C)C)(c1ccccc1)[Si](C)(C)C. The van der Waals surface area contributed by atoms with Gasteiger partial charge in [0.05, 0.1) is 8.07 Å². The monoisotopic (exact) mass is 274 g/mol. The van der Waals surface area contributed by atoms with Crippen molar-refractivity contribution in [3.63, 3.8) is 0 Å². The standard InChI is InChI=1S/C16H26Si2/c1-16(18(5,6)7,13-14-17(2,3)4)15-11-9-8-10-12-15/h8-12H,1-7H3. The Morgan fingerprint density at radius 1 is 0.889 bits per heavy atom. The highest BCUT2D eigenvalue weighted by Crippen LogP contribution is 2.33. The van der Waals surface area contributed by atoms with E-state index in [2.05, 4.69) is 88.0 Å². The maximum Gasteiger partial charge on any atom is 0.129 e. The van der Waals surface area contributed by atoms with Gasteiger partial charge in [-0.3, -0.25) is 0 Å². The first-order chi connectivity index (χ1) is 8.06. The van der Waals surface area contributed by atoms with Gasteiger partial charge in [0, 0.05) is 5.04 Å². The van der Waals surface area contributed by atoms with Crippen LogP contribution in [-0.4, -0.2) is 16.1 Å². The smallest absolute Gasteiger partial charge is 0.129 e. The zero-order valence-corrected chi connectivity index (χ0v) is 14.9. The molecule has 0 aromatic heterocycles. The fourth-order valence-corrected chi connectivity index (χ4v) is 4.00.